The molecular weight excluding hydrogens is 305 g/mol. The number of hydrogen-bond acceptors (Lipinski definition) is 5. The monoisotopic (exact) mass is 321 g/mol. The quantitative estimate of drug-likeness (QED) is 0.422. The summed E-state index contributed by atoms with van der Waals surface area (Å²) in [6, 6.07) is 10.1. The fourth-order valence-electron chi connectivity index (χ4n) is 1.85. The van der Waals surface area contributed by atoms with Gasteiger partial charge in [0.05, 0.1) is 31.3 Å². The van der Waals surface area contributed by atoms with Crippen LogP contribution >= 0.6 is 0 Å². The average Bonchev–Trinajstić information content (AvgIpc) is 2.56. The number of nitro benzene ring substituents is 1. The minimum Gasteiger partial charge on any atom is -0.496 e. The van der Waals surface area contributed by atoms with Gasteiger partial charge in [-0.05, 0) is 36.4 Å². The summed E-state index contributed by atoms with van der Waals surface area (Å²) in [6.07, 6.45) is 0.528. The maximum absolute atomic E-state index is 12.7. The molecule has 0 aliphatic rings. The van der Waals surface area contributed by atoms with Crippen molar-refractivity contribution < 1.29 is 23.5 Å². The lowest BCUT2D eigenvalue weighted by molar-refractivity contribution is -0.385. The standard InChI is InChI=1S/C16H16FNO5/c1-21-14-7-8-16(15(11-14)18(19)20)23-10-2-9-22-13-5-3-12(17)4-6-13/h3-8,11H,2,9-10H2,1H3. The van der Waals surface area contributed by atoms with Gasteiger partial charge in [-0.15, -0.1) is 0 Å². The van der Waals surface area contributed by atoms with Crippen LogP contribution in [-0.4, -0.2) is 25.2 Å². The second-order valence-corrected chi connectivity index (χ2v) is 4.60. The van der Waals surface area contributed by atoms with Crippen LogP contribution in [0.3, 0.4) is 0 Å². The Hall–Kier alpha value is -2.83. The highest BCUT2D eigenvalue weighted by molar-refractivity contribution is 5.50. The molecule has 2 aromatic rings. The molecule has 122 valence electrons. The van der Waals surface area contributed by atoms with Gasteiger partial charge in [-0.25, -0.2) is 4.39 Å². The Morgan fingerprint density at radius 3 is 2.35 bits per heavy atom. The Morgan fingerprint density at radius 1 is 1.04 bits per heavy atom. The molecule has 0 aliphatic heterocycles. The zero-order chi connectivity index (χ0) is 16.7. The SMILES string of the molecule is COc1ccc(OCCCOc2ccc(F)cc2)c([N+](=O)[O-])c1. The van der Waals surface area contributed by atoms with Crippen LogP contribution in [0.2, 0.25) is 0 Å². The van der Waals surface area contributed by atoms with Crippen LogP contribution in [0, 0.1) is 15.9 Å². The van der Waals surface area contributed by atoms with E-state index in [2.05, 4.69) is 0 Å². The predicted molar refractivity (Wildman–Crippen MR) is 81.7 cm³/mol. The first kappa shape index (κ1) is 16.5. The molecule has 0 fully saturated rings. The van der Waals surface area contributed by atoms with E-state index in [0.717, 1.165) is 0 Å². The van der Waals surface area contributed by atoms with Crippen molar-refractivity contribution in [1.82, 2.24) is 0 Å². The molecule has 0 N–H and O–H groups in total. The van der Waals surface area contributed by atoms with E-state index in [-0.39, 0.29) is 23.9 Å². The second-order valence-electron chi connectivity index (χ2n) is 4.60. The van der Waals surface area contributed by atoms with Crippen molar-refractivity contribution in [3.63, 3.8) is 0 Å². The molecule has 0 heterocycles. The summed E-state index contributed by atoms with van der Waals surface area (Å²) >= 11 is 0. The summed E-state index contributed by atoms with van der Waals surface area (Å²) in [5.41, 5.74) is -0.149. The molecule has 0 saturated heterocycles. The Labute approximate surface area is 132 Å². The Morgan fingerprint density at radius 2 is 1.70 bits per heavy atom. The maximum atomic E-state index is 12.7. The number of nitrogens with zero attached hydrogens (tertiary/aromatic N) is 1. The molecule has 0 spiro atoms. The van der Waals surface area contributed by atoms with Gasteiger partial charge in [-0.1, -0.05) is 0 Å². The molecule has 0 atom stereocenters. The number of nitro groups is 1. The molecule has 0 saturated carbocycles. The maximum Gasteiger partial charge on any atom is 0.314 e. The zero-order valence-electron chi connectivity index (χ0n) is 12.5. The van der Waals surface area contributed by atoms with Crippen molar-refractivity contribution in [3.05, 3.63) is 58.4 Å². The van der Waals surface area contributed by atoms with E-state index in [1.54, 1.807) is 6.07 Å². The minimum absolute atomic E-state index is 0.149. The molecule has 0 unspecified atom stereocenters. The third-order valence-corrected chi connectivity index (χ3v) is 2.99. The van der Waals surface area contributed by atoms with E-state index in [0.29, 0.717) is 24.5 Å². The summed E-state index contributed by atoms with van der Waals surface area (Å²) in [6.45, 7) is 0.615. The van der Waals surface area contributed by atoms with E-state index < -0.39 is 4.92 Å². The Balaban J connectivity index is 1.82. The van der Waals surface area contributed by atoms with Crippen LogP contribution in [0.1, 0.15) is 6.42 Å². The fourth-order valence-corrected chi connectivity index (χ4v) is 1.85. The summed E-state index contributed by atoms with van der Waals surface area (Å²) in [5.74, 6) is 0.801. The lowest BCUT2D eigenvalue weighted by Gasteiger charge is -2.09. The summed E-state index contributed by atoms with van der Waals surface area (Å²) in [4.78, 5) is 10.5. The van der Waals surface area contributed by atoms with Crippen LogP contribution in [0.15, 0.2) is 42.5 Å². The van der Waals surface area contributed by atoms with Crippen molar-refractivity contribution in [2.24, 2.45) is 0 Å². The zero-order valence-corrected chi connectivity index (χ0v) is 12.5. The molecule has 0 aliphatic carbocycles. The number of ether oxygens (including phenoxy) is 3. The Kier molecular flexibility index (Phi) is 5.74. The first-order valence-electron chi connectivity index (χ1n) is 6.94. The molecule has 0 bridgehead atoms. The lowest BCUT2D eigenvalue weighted by atomic mass is 10.3. The third-order valence-electron chi connectivity index (χ3n) is 2.99. The highest BCUT2D eigenvalue weighted by Crippen LogP contribution is 2.31. The molecule has 23 heavy (non-hydrogen) atoms. The third kappa shape index (κ3) is 4.84. The number of halogens is 1. The van der Waals surface area contributed by atoms with Gasteiger partial charge < -0.3 is 14.2 Å². The van der Waals surface area contributed by atoms with Crippen LogP contribution in [0.5, 0.6) is 17.2 Å². The first-order chi connectivity index (χ1) is 11.1. The number of hydrogen-bond donors (Lipinski definition) is 0. The van der Waals surface area contributed by atoms with Gasteiger partial charge >= 0.3 is 5.69 Å². The van der Waals surface area contributed by atoms with E-state index in [9.17, 15) is 14.5 Å². The smallest absolute Gasteiger partial charge is 0.314 e. The number of benzene rings is 2. The topological polar surface area (TPSA) is 70.8 Å². The predicted octanol–water partition coefficient (Wildman–Crippen LogP) is 3.59. The summed E-state index contributed by atoms with van der Waals surface area (Å²) in [7, 11) is 1.44. The molecule has 6 nitrogen and oxygen atoms in total. The lowest BCUT2D eigenvalue weighted by Crippen LogP contribution is -2.06. The van der Waals surface area contributed by atoms with Gasteiger partial charge in [-0.2, -0.15) is 0 Å². The fraction of sp³-hybridized carbons (Fsp3) is 0.250. The van der Waals surface area contributed by atoms with E-state index in [4.69, 9.17) is 14.2 Å². The van der Waals surface area contributed by atoms with Gasteiger partial charge in [0.25, 0.3) is 0 Å². The molecule has 0 aromatic heterocycles. The highest BCUT2D eigenvalue weighted by atomic mass is 19.1. The van der Waals surface area contributed by atoms with Crippen molar-refractivity contribution >= 4 is 5.69 Å². The van der Waals surface area contributed by atoms with Crippen molar-refractivity contribution in [3.8, 4) is 17.2 Å². The largest absolute Gasteiger partial charge is 0.496 e. The normalized spacial score (nSPS) is 10.2. The van der Waals surface area contributed by atoms with Crippen molar-refractivity contribution in [1.29, 1.82) is 0 Å². The average molecular weight is 321 g/mol. The molecule has 0 radical (unpaired) electrons. The molecule has 7 heteroatoms. The van der Waals surface area contributed by atoms with Crippen LogP contribution < -0.4 is 14.2 Å². The van der Waals surface area contributed by atoms with E-state index >= 15 is 0 Å². The van der Waals surface area contributed by atoms with Gasteiger partial charge in [0.2, 0.25) is 0 Å². The first-order valence-corrected chi connectivity index (χ1v) is 6.94. The summed E-state index contributed by atoms with van der Waals surface area (Å²) in [5, 5.41) is 11.0. The number of rotatable bonds is 8. The second kappa shape index (κ2) is 7.98. The van der Waals surface area contributed by atoms with Gasteiger partial charge in [0.15, 0.2) is 5.75 Å². The summed E-state index contributed by atoms with van der Waals surface area (Å²) < 4.78 is 28.5. The van der Waals surface area contributed by atoms with Gasteiger partial charge in [0.1, 0.15) is 17.3 Å². The van der Waals surface area contributed by atoms with E-state index in [1.807, 2.05) is 0 Å². The molecule has 0 amide bonds. The van der Waals surface area contributed by atoms with Crippen LogP contribution in [0.25, 0.3) is 0 Å². The Bertz CT molecular complexity index is 660. The highest BCUT2D eigenvalue weighted by Gasteiger charge is 2.16. The van der Waals surface area contributed by atoms with Gasteiger partial charge in [0, 0.05) is 6.42 Å². The van der Waals surface area contributed by atoms with E-state index in [1.165, 1.54) is 43.5 Å². The number of methoxy groups -OCH3 is 1. The molecule has 2 rings (SSSR count). The minimum atomic E-state index is -0.521. The van der Waals surface area contributed by atoms with Crippen LogP contribution in [-0.2, 0) is 0 Å². The molecule has 2 aromatic carbocycles. The molecular formula is C16H16FNO5. The van der Waals surface area contributed by atoms with Crippen molar-refractivity contribution in [2.75, 3.05) is 20.3 Å². The van der Waals surface area contributed by atoms with Crippen molar-refractivity contribution in [2.45, 2.75) is 6.42 Å². The van der Waals surface area contributed by atoms with Crippen LogP contribution in [0.4, 0.5) is 10.1 Å². The van der Waals surface area contributed by atoms with Gasteiger partial charge in [-0.3, -0.25) is 10.1 Å².